The SMILES string of the molecule is O=C([O-])[C@@H]1CCC[NH2+]1.O=C([O-])[C@@H]1CCC[NH2+]1.Oc1cc(O)cc(/C=C/c2ccc(O)cc2O)c1. The van der Waals surface area contributed by atoms with Gasteiger partial charge < -0.3 is 50.9 Å². The second-order valence-electron chi connectivity index (χ2n) is 8.04. The highest BCUT2D eigenvalue weighted by Crippen LogP contribution is 2.26. The molecule has 10 heteroatoms. The maximum Gasteiger partial charge on any atom is 0.126 e. The van der Waals surface area contributed by atoms with Gasteiger partial charge >= 0.3 is 0 Å². The molecule has 0 amide bonds. The first-order valence-corrected chi connectivity index (χ1v) is 11.0. The Morgan fingerprint density at radius 3 is 1.68 bits per heavy atom. The van der Waals surface area contributed by atoms with Crippen molar-refractivity contribution in [3.8, 4) is 23.0 Å². The Hall–Kier alpha value is -3.76. The van der Waals surface area contributed by atoms with Crippen LogP contribution in [0, 0.1) is 0 Å². The van der Waals surface area contributed by atoms with Crippen molar-refractivity contribution in [1.82, 2.24) is 0 Å². The van der Waals surface area contributed by atoms with Gasteiger partial charge in [0.2, 0.25) is 0 Å². The van der Waals surface area contributed by atoms with Gasteiger partial charge in [-0.15, -0.1) is 0 Å². The Morgan fingerprint density at radius 1 is 0.765 bits per heavy atom. The molecule has 34 heavy (non-hydrogen) atoms. The Morgan fingerprint density at radius 2 is 1.29 bits per heavy atom. The number of carbonyl (C=O) groups excluding carboxylic acids is 2. The first-order valence-electron chi connectivity index (χ1n) is 11.0. The van der Waals surface area contributed by atoms with Crippen molar-refractivity contribution in [2.24, 2.45) is 0 Å². The molecule has 184 valence electrons. The summed E-state index contributed by atoms with van der Waals surface area (Å²) in [5.41, 5.74) is 1.12. The minimum Gasteiger partial charge on any atom is -0.544 e. The number of aromatic hydroxyl groups is 4. The van der Waals surface area contributed by atoms with Crippen LogP contribution in [0.5, 0.6) is 23.0 Å². The number of hydrogen-bond donors (Lipinski definition) is 6. The zero-order chi connectivity index (χ0) is 25.1. The number of phenols is 4. The van der Waals surface area contributed by atoms with Crippen molar-refractivity contribution in [3.05, 3.63) is 47.5 Å². The number of carboxylic acids is 2. The summed E-state index contributed by atoms with van der Waals surface area (Å²) in [6, 6.07) is 7.93. The predicted octanol–water partition coefficient (Wildman–Crippen LogP) is -2.40. The van der Waals surface area contributed by atoms with Crippen LogP contribution < -0.4 is 20.8 Å². The van der Waals surface area contributed by atoms with Gasteiger partial charge in [-0.05, 0) is 29.8 Å². The molecule has 4 rings (SSSR count). The number of hydrogen-bond acceptors (Lipinski definition) is 8. The van der Waals surface area contributed by atoms with Crippen LogP contribution in [0.2, 0.25) is 0 Å². The van der Waals surface area contributed by atoms with E-state index < -0.39 is 11.9 Å². The van der Waals surface area contributed by atoms with Gasteiger partial charge in [0.25, 0.3) is 0 Å². The lowest BCUT2D eigenvalue weighted by molar-refractivity contribution is -0.664. The fourth-order valence-electron chi connectivity index (χ4n) is 3.55. The molecule has 2 aliphatic heterocycles. The molecule has 2 aliphatic rings. The molecule has 0 radical (unpaired) electrons. The molecule has 0 aliphatic carbocycles. The third-order valence-electron chi connectivity index (χ3n) is 5.34. The Bertz CT molecular complexity index is 950. The van der Waals surface area contributed by atoms with E-state index in [1.54, 1.807) is 18.2 Å². The van der Waals surface area contributed by atoms with Crippen molar-refractivity contribution < 1.29 is 50.9 Å². The van der Waals surface area contributed by atoms with Crippen LogP contribution in [0.3, 0.4) is 0 Å². The highest BCUT2D eigenvalue weighted by Gasteiger charge is 2.18. The van der Waals surface area contributed by atoms with E-state index >= 15 is 0 Å². The van der Waals surface area contributed by atoms with Crippen molar-refractivity contribution in [1.29, 1.82) is 0 Å². The van der Waals surface area contributed by atoms with Crippen LogP contribution in [0.25, 0.3) is 12.2 Å². The predicted molar refractivity (Wildman–Crippen MR) is 118 cm³/mol. The molecule has 0 spiro atoms. The van der Waals surface area contributed by atoms with Crippen LogP contribution in [0.4, 0.5) is 0 Å². The fourth-order valence-corrected chi connectivity index (χ4v) is 3.55. The average molecular weight is 475 g/mol. The van der Waals surface area contributed by atoms with Gasteiger partial charge in [-0.2, -0.15) is 0 Å². The number of benzene rings is 2. The number of aliphatic carboxylic acids is 2. The van der Waals surface area contributed by atoms with Gasteiger partial charge in [0.15, 0.2) is 0 Å². The molecule has 8 N–H and O–H groups in total. The summed E-state index contributed by atoms with van der Waals surface area (Å²) < 4.78 is 0. The maximum atomic E-state index is 10.1. The largest absolute Gasteiger partial charge is 0.544 e. The monoisotopic (exact) mass is 474 g/mol. The highest BCUT2D eigenvalue weighted by molar-refractivity contribution is 5.74. The third-order valence-corrected chi connectivity index (χ3v) is 5.34. The van der Waals surface area contributed by atoms with Gasteiger partial charge in [0, 0.05) is 43.4 Å². The number of carboxylic acid groups (broad SMARTS) is 2. The molecule has 0 bridgehead atoms. The first kappa shape index (κ1) is 26.5. The summed E-state index contributed by atoms with van der Waals surface area (Å²) in [6.07, 6.45) is 6.83. The molecule has 10 nitrogen and oxygen atoms in total. The molecular formula is C24H30N2O8. The van der Waals surface area contributed by atoms with Gasteiger partial charge in [-0.3, -0.25) is 0 Å². The summed E-state index contributed by atoms with van der Waals surface area (Å²) >= 11 is 0. The third kappa shape index (κ3) is 9.00. The molecule has 2 atom stereocenters. The van der Waals surface area contributed by atoms with E-state index in [0.717, 1.165) is 38.8 Å². The van der Waals surface area contributed by atoms with E-state index in [1.165, 1.54) is 30.3 Å². The second kappa shape index (κ2) is 13.1. The van der Waals surface area contributed by atoms with Gasteiger partial charge in [0.1, 0.15) is 35.1 Å². The molecular weight excluding hydrogens is 444 g/mol. The topological polar surface area (TPSA) is 194 Å². The number of nitrogens with two attached hydrogens (primary N) is 2. The minimum absolute atomic E-state index is 0.0142. The van der Waals surface area contributed by atoms with Crippen molar-refractivity contribution >= 4 is 24.1 Å². The molecule has 0 saturated carbocycles. The Labute approximate surface area is 196 Å². The van der Waals surface area contributed by atoms with Gasteiger partial charge in [-0.25, -0.2) is 0 Å². The van der Waals surface area contributed by atoms with Crippen molar-refractivity contribution in [2.75, 3.05) is 13.1 Å². The number of carbonyl (C=O) groups is 2. The zero-order valence-corrected chi connectivity index (χ0v) is 18.6. The van der Waals surface area contributed by atoms with Gasteiger partial charge in [-0.1, -0.05) is 12.2 Å². The van der Waals surface area contributed by atoms with Crippen LogP contribution in [0.1, 0.15) is 36.8 Å². The quantitative estimate of drug-likeness (QED) is 0.264. The fraction of sp³-hybridized carbons (Fsp3) is 0.333. The number of phenolic OH excluding ortho intramolecular Hbond substituents is 4. The Kier molecular flexibility index (Phi) is 10.2. The lowest BCUT2D eigenvalue weighted by Gasteiger charge is -2.05. The van der Waals surface area contributed by atoms with E-state index in [-0.39, 0.29) is 35.1 Å². The molecule has 2 heterocycles. The summed E-state index contributed by atoms with van der Waals surface area (Å²) in [5.74, 6) is -1.96. The summed E-state index contributed by atoms with van der Waals surface area (Å²) in [4.78, 5) is 20.1. The highest BCUT2D eigenvalue weighted by atomic mass is 16.4. The smallest absolute Gasteiger partial charge is 0.126 e. The van der Waals surface area contributed by atoms with Crippen LogP contribution >= 0.6 is 0 Å². The van der Waals surface area contributed by atoms with E-state index in [0.29, 0.717) is 11.1 Å². The average Bonchev–Trinajstić information content (AvgIpc) is 3.48. The molecule has 2 aromatic rings. The number of rotatable bonds is 4. The lowest BCUT2D eigenvalue weighted by Crippen LogP contribution is -2.89. The van der Waals surface area contributed by atoms with E-state index in [9.17, 15) is 35.1 Å². The molecule has 2 aromatic carbocycles. The summed E-state index contributed by atoms with van der Waals surface area (Å²) in [5, 5.41) is 61.1. The molecule has 0 unspecified atom stereocenters. The standard InChI is InChI=1S/C14H12O4.2C5H9NO2/c15-11-4-3-10(14(18)8-11)2-1-9-5-12(16)7-13(17)6-9;2*7-5(8)4-2-1-3-6-4/h1-8,15-18H;2*4,6H,1-3H2,(H,7,8)/b2-1+;;/t;2*4-/m.00/s1. The second-order valence-corrected chi connectivity index (χ2v) is 8.04. The molecule has 2 saturated heterocycles. The van der Waals surface area contributed by atoms with Crippen LogP contribution in [-0.2, 0) is 9.59 Å². The zero-order valence-electron chi connectivity index (χ0n) is 18.6. The van der Waals surface area contributed by atoms with Crippen molar-refractivity contribution in [3.63, 3.8) is 0 Å². The van der Waals surface area contributed by atoms with E-state index in [2.05, 4.69) is 0 Å². The Balaban J connectivity index is 0.000000210. The van der Waals surface area contributed by atoms with Crippen molar-refractivity contribution in [2.45, 2.75) is 37.8 Å². The molecule has 2 fully saturated rings. The summed E-state index contributed by atoms with van der Waals surface area (Å²) in [6.45, 7) is 1.89. The van der Waals surface area contributed by atoms with Gasteiger partial charge in [0.05, 0.1) is 25.0 Å². The van der Waals surface area contributed by atoms with E-state index in [4.69, 9.17) is 5.11 Å². The normalized spacial score (nSPS) is 19.1. The first-order chi connectivity index (χ1) is 16.2. The minimum atomic E-state index is -0.914. The summed E-state index contributed by atoms with van der Waals surface area (Å²) in [7, 11) is 0. The van der Waals surface area contributed by atoms with Crippen LogP contribution in [-0.4, -0.2) is 57.5 Å². The number of quaternary nitrogens is 2. The maximum absolute atomic E-state index is 10.1. The molecule has 0 aromatic heterocycles. The van der Waals surface area contributed by atoms with Crippen LogP contribution in [0.15, 0.2) is 36.4 Å². The van der Waals surface area contributed by atoms with E-state index in [1.807, 2.05) is 10.6 Å². The lowest BCUT2D eigenvalue weighted by atomic mass is 10.1.